The van der Waals surface area contributed by atoms with Gasteiger partial charge in [0.05, 0.1) is 11.1 Å². The fourth-order valence-electron chi connectivity index (χ4n) is 2.64. The molecule has 4 N–H and O–H groups in total. The number of aromatic nitrogens is 3. The van der Waals surface area contributed by atoms with E-state index in [0.717, 1.165) is 25.7 Å². The maximum absolute atomic E-state index is 11.3. The highest BCUT2D eigenvalue weighted by molar-refractivity contribution is 5.86. The van der Waals surface area contributed by atoms with Gasteiger partial charge in [-0.05, 0) is 25.5 Å². The topological polar surface area (TPSA) is 106 Å². The lowest BCUT2D eigenvalue weighted by molar-refractivity contribution is -0.119. The van der Waals surface area contributed by atoms with E-state index in [-0.39, 0.29) is 17.4 Å². The molecular weight excluding hydrogens is 304 g/mol. The first kappa shape index (κ1) is 17.9. The number of pyridine rings is 1. The molecule has 7 nitrogen and oxygen atoms in total. The van der Waals surface area contributed by atoms with Gasteiger partial charge in [-0.2, -0.15) is 4.98 Å². The second-order valence-electron chi connectivity index (χ2n) is 6.35. The SMILES string of the molecule is CCCCCC(C)(CNC(C)=O)Nc1nc(N)nc2cccnc12. The van der Waals surface area contributed by atoms with Gasteiger partial charge in [-0.25, -0.2) is 4.98 Å². The lowest BCUT2D eigenvalue weighted by Crippen LogP contribution is -2.46. The average molecular weight is 330 g/mol. The third kappa shape index (κ3) is 4.78. The van der Waals surface area contributed by atoms with Crippen molar-refractivity contribution < 1.29 is 4.79 Å². The Balaban J connectivity index is 2.29. The van der Waals surface area contributed by atoms with Crippen LogP contribution in [-0.2, 0) is 4.79 Å². The van der Waals surface area contributed by atoms with Crippen LogP contribution in [0.4, 0.5) is 11.8 Å². The van der Waals surface area contributed by atoms with Gasteiger partial charge in [0.25, 0.3) is 0 Å². The zero-order valence-electron chi connectivity index (χ0n) is 14.6. The average Bonchev–Trinajstić information content (AvgIpc) is 2.53. The van der Waals surface area contributed by atoms with Gasteiger partial charge in [-0.3, -0.25) is 9.78 Å². The lowest BCUT2D eigenvalue weighted by atomic mass is 9.94. The van der Waals surface area contributed by atoms with E-state index in [1.54, 1.807) is 6.20 Å². The van der Waals surface area contributed by atoms with Crippen molar-refractivity contribution >= 4 is 28.7 Å². The number of unbranched alkanes of at least 4 members (excludes halogenated alkanes) is 2. The smallest absolute Gasteiger partial charge is 0.222 e. The van der Waals surface area contributed by atoms with Crippen LogP contribution in [0.15, 0.2) is 18.3 Å². The summed E-state index contributed by atoms with van der Waals surface area (Å²) in [6, 6.07) is 3.67. The standard InChI is InChI=1S/C17H26N6O/c1-4-5-6-9-17(3,11-20-12(2)24)23-15-14-13(8-7-10-19-14)21-16(18)22-15/h7-8,10H,4-6,9,11H2,1-3H3,(H,20,24)(H3,18,21,22,23). The molecule has 0 saturated carbocycles. The summed E-state index contributed by atoms with van der Waals surface area (Å²) < 4.78 is 0. The van der Waals surface area contributed by atoms with Gasteiger partial charge in [-0.15, -0.1) is 0 Å². The molecule has 24 heavy (non-hydrogen) atoms. The maximum atomic E-state index is 11.3. The highest BCUT2D eigenvalue weighted by Crippen LogP contribution is 2.25. The summed E-state index contributed by atoms with van der Waals surface area (Å²) in [5.74, 6) is 0.750. The molecule has 2 rings (SSSR count). The van der Waals surface area contributed by atoms with Gasteiger partial charge in [-0.1, -0.05) is 26.2 Å². The monoisotopic (exact) mass is 330 g/mol. The summed E-state index contributed by atoms with van der Waals surface area (Å²) in [5.41, 5.74) is 6.86. The van der Waals surface area contributed by atoms with E-state index in [0.29, 0.717) is 23.4 Å². The molecule has 0 fully saturated rings. The first-order valence-electron chi connectivity index (χ1n) is 8.34. The molecule has 0 aromatic carbocycles. The molecule has 0 radical (unpaired) electrons. The van der Waals surface area contributed by atoms with Crippen LogP contribution < -0.4 is 16.4 Å². The number of nitrogens with one attached hydrogen (secondary N) is 2. The van der Waals surface area contributed by atoms with Crippen LogP contribution in [-0.4, -0.2) is 32.9 Å². The second-order valence-corrected chi connectivity index (χ2v) is 6.35. The molecule has 0 aliphatic rings. The molecule has 1 amide bonds. The third-order valence-corrected chi connectivity index (χ3v) is 3.95. The van der Waals surface area contributed by atoms with Gasteiger partial charge in [0, 0.05) is 19.7 Å². The Morgan fingerprint density at radius 1 is 1.33 bits per heavy atom. The van der Waals surface area contributed by atoms with Crippen molar-refractivity contribution in [2.75, 3.05) is 17.6 Å². The normalized spacial score (nSPS) is 13.5. The number of fused-ring (bicyclic) bond motifs is 1. The van der Waals surface area contributed by atoms with Crippen LogP contribution >= 0.6 is 0 Å². The van der Waals surface area contributed by atoms with E-state index >= 15 is 0 Å². The third-order valence-electron chi connectivity index (χ3n) is 3.95. The van der Waals surface area contributed by atoms with E-state index in [1.165, 1.54) is 6.92 Å². The van der Waals surface area contributed by atoms with Crippen LogP contribution in [0, 0.1) is 0 Å². The fraction of sp³-hybridized carbons (Fsp3) is 0.529. The summed E-state index contributed by atoms with van der Waals surface area (Å²) in [7, 11) is 0. The molecule has 0 aliphatic carbocycles. The Morgan fingerprint density at radius 3 is 2.83 bits per heavy atom. The molecule has 1 unspecified atom stereocenters. The summed E-state index contributed by atoms with van der Waals surface area (Å²) in [5, 5.41) is 6.34. The van der Waals surface area contributed by atoms with Gasteiger partial charge >= 0.3 is 0 Å². The highest BCUT2D eigenvalue weighted by atomic mass is 16.1. The molecule has 7 heteroatoms. The number of anilines is 2. The van der Waals surface area contributed by atoms with Crippen molar-refractivity contribution in [2.45, 2.75) is 52.0 Å². The van der Waals surface area contributed by atoms with E-state index in [1.807, 2.05) is 12.1 Å². The number of rotatable bonds is 8. The minimum absolute atomic E-state index is 0.0521. The largest absolute Gasteiger partial charge is 0.368 e. The van der Waals surface area contributed by atoms with Crippen LogP contribution in [0.1, 0.15) is 46.5 Å². The summed E-state index contributed by atoms with van der Waals surface area (Å²) in [6.45, 7) is 6.27. The maximum Gasteiger partial charge on any atom is 0.222 e. The molecule has 0 aliphatic heterocycles. The Hall–Kier alpha value is -2.44. The predicted octanol–water partition coefficient (Wildman–Crippen LogP) is 2.49. The quantitative estimate of drug-likeness (QED) is 0.642. The molecule has 2 heterocycles. The van der Waals surface area contributed by atoms with Crippen molar-refractivity contribution in [1.29, 1.82) is 0 Å². The summed E-state index contributed by atoms with van der Waals surface area (Å²) >= 11 is 0. The Bertz CT molecular complexity index is 705. The first-order valence-corrected chi connectivity index (χ1v) is 8.34. The lowest BCUT2D eigenvalue weighted by Gasteiger charge is -2.32. The molecule has 130 valence electrons. The molecule has 1 atom stereocenters. The number of nitrogens with zero attached hydrogens (tertiary/aromatic N) is 3. The van der Waals surface area contributed by atoms with Crippen LogP contribution in [0.2, 0.25) is 0 Å². The Kier molecular flexibility index (Phi) is 5.89. The van der Waals surface area contributed by atoms with E-state index in [2.05, 4.69) is 39.4 Å². The molecular formula is C17H26N6O. The highest BCUT2D eigenvalue weighted by Gasteiger charge is 2.26. The van der Waals surface area contributed by atoms with Gasteiger partial charge in [0.15, 0.2) is 5.82 Å². The Morgan fingerprint density at radius 2 is 2.12 bits per heavy atom. The minimum atomic E-state index is -0.341. The zero-order valence-corrected chi connectivity index (χ0v) is 14.6. The molecule has 2 aromatic heterocycles. The summed E-state index contributed by atoms with van der Waals surface area (Å²) in [4.78, 5) is 24.2. The second kappa shape index (κ2) is 7.90. The number of hydrogen-bond acceptors (Lipinski definition) is 6. The van der Waals surface area contributed by atoms with Crippen LogP contribution in [0.3, 0.4) is 0 Å². The predicted molar refractivity (Wildman–Crippen MR) is 96.6 cm³/mol. The molecule has 0 saturated heterocycles. The van der Waals surface area contributed by atoms with Crippen molar-refractivity contribution in [3.63, 3.8) is 0 Å². The fourth-order valence-corrected chi connectivity index (χ4v) is 2.64. The van der Waals surface area contributed by atoms with E-state index < -0.39 is 0 Å². The van der Waals surface area contributed by atoms with Crippen LogP contribution in [0.5, 0.6) is 0 Å². The zero-order chi connectivity index (χ0) is 17.6. The number of hydrogen-bond donors (Lipinski definition) is 3. The molecule has 2 aromatic rings. The number of carbonyl (C=O) groups excluding carboxylic acids is 1. The van der Waals surface area contributed by atoms with Crippen molar-refractivity contribution in [3.8, 4) is 0 Å². The summed E-state index contributed by atoms with van der Waals surface area (Å²) in [6.07, 6.45) is 5.95. The number of nitrogen functional groups attached to an aromatic ring is 1. The molecule has 0 spiro atoms. The van der Waals surface area contributed by atoms with Gasteiger partial charge < -0.3 is 16.4 Å². The van der Waals surface area contributed by atoms with E-state index in [9.17, 15) is 4.79 Å². The number of carbonyl (C=O) groups is 1. The Labute approximate surface area is 142 Å². The van der Waals surface area contributed by atoms with Crippen LogP contribution in [0.25, 0.3) is 11.0 Å². The van der Waals surface area contributed by atoms with Crippen molar-refractivity contribution in [3.05, 3.63) is 18.3 Å². The minimum Gasteiger partial charge on any atom is -0.368 e. The molecule has 0 bridgehead atoms. The first-order chi connectivity index (χ1) is 11.4. The number of nitrogens with two attached hydrogens (primary N) is 1. The van der Waals surface area contributed by atoms with Crippen molar-refractivity contribution in [2.24, 2.45) is 0 Å². The van der Waals surface area contributed by atoms with Crippen molar-refractivity contribution in [1.82, 2.24) is 20.3 Å². The van der Waals surface area contributed by atoms with Gasteiger partial charge in [0.1, 0.15) is 5.52 Å². The van der Waals surface area contributed by atoms with E-state index in [4.69, 9.17) is 5.73 Å². The van der Waals surface area contributed by atoms with Gasteiger partial charge in [0.2, 0.25) is 11.9 Å². The number of amides is 1.